The van der Waals surface area contributed by atoms with Crippen LogP contribution in [0.3, 0.4) is 0 Å². The highest BCUT2D eigenvalue weighted by atomic mass is 32.2. The van der Waals surface area contributed by atoms with E-state index in [4.69, 9.17) is 4.98 Å². The first-order chi connectivity index (χ1) is 16.4. The van der Waals surface area contributed by atoms with Gasteiger partial charge in [-0.25, -0.2) is 9.37 Å². The quantitative estimate of drug-likeness (QED) is 0.273. The van der Waals surface area contributed by atoms with Gasteiger partial charge in [0.2, 0.25) is 5.91 Å². The smallest absolute Gasteiger partial charge is 0.263 e. The van der Waals surface area contributed by atoms with E-state index in [1.165, 1.54) is 30.3 Å². The summed E-state index contributed by atoms with van der Waals surface area (Å²) in [5.74, 6) is -0.209. The second-order valence-corrected chi connectivity index (χ2v) is 11.1. The fourth-order valence-corrected chi connectivity index (χ4v) is 7.18. The summed E-state index contributed by atoms with van der Waals surface area (Å²) in [5.41, 5.74) is 4.14. The number of amides is 1. The third-order valence-electron chi connectivity index (χ3n) is 6.46. The average molecular weight is 496 g/mol. The van der Waals surface area contributed by atoms with Crippen molar-refractivity contribution in [3.05, 3.63) is 75.3 Å². The maximum atomic E-state index is 13.7. The number of aryl methyl sites for hydroxylation is 2. The number of hydrogen-bond donors (Lipinski definition) is 1. The lowest BCUT2D eigenvalue weighted by Crippen LogP contribution is -2.29. The minimum Gasteiger partial charge on any atom is -0.325 e. The molecule has 2 aliphatic rings. The Hall–Kier alpha value is -2.58. The van der Waals surface area contributed by atoms with E-state index in [2.05, 4.69) is 5.32 Å². The van der Waals surface area contributed by atoms with Crippen molar-refractivity contribution in [1.82, 2.24) is 9.55 Å². The van der Waals surface area contributed by atoms with Crippen LogP contribution in [0.5, 0.6) is 0 Å². The number of carbonyl (C=O) groups excluding carboxylic acids is 1. The number of fused-ring (bicyclic) bond motifs is 3. The maximum Gasteiger partial charge on any atom is 0.263 e. The summed E-state index contributed by atoms with van der Waals surface area (Å²) in [6.45, 7) is 3.97. The Balaban J connectivity index is 1.46. The van der Waals surface area contributed by atoms with E-state index < -0.39 is 0 Å². The van der Waals surface area contributed by atoms with Crippen molar-refractivity contribution < 1.29 is 9.18 Å². The molecule has 1 aliphatic heterocycles. The third kappa shape index (κ3) is 4.53. The number of carbonyl (C=O) groups is 1. The predicted octanol–water partition coefficient (Wildman–Crippen LogP) is 5.85. The zero-order valence-electron chi connectivity index (χ0n) is 19.1. The molecule has 0 saturated heterocycles. The first-order valence-electron chi connectivity index (χ1n) is 11.5. The Kier molecular flexibility index (Phi) is 6.53. The van der Waals surface area contributed by atoms with E-state index in [1.54, 1.807) is 28.5 Å². The molecule has 176 valence electrons. The van der Waals surface area contributed by atoms with Crippen LogP contribution in [-0.4, -0.2) is 26.5 Å². The number of anilines is 1. The number of halogens is 1. The zero-order chi connectivity index (χ0) is 23.8. The third-order valence-corrected chi connectivity index (χ3v) is 8.80. The number of hydrogen-bond acceptors (Lipinski definition) is 5. The molecule has 0 bridgehead atoms. The van der Waals surface area contributed by atoms with E-state index in [0.29, 0.717) is 16.1 Å². The molecule has 0 radical (unpaired) electrons. The van der Waals surface area contributed by atoms with Gasteiger partial charge in [-0.1, -0.05) is 42.3 Å². The normalized spacial score (nSPS) is 18.9. The molecule has 2 heterocycles. The molecule has 0 spiro atoms. The predicted molar refractivity (Wildman–Crippen MR) is 136 cm³/mol. The van der Waals surface area contributed by atoms with Crippen molar-refractivity contribution in [2.75, 3.05) is 11.1 Å². The number of nitrogens with zero attached hydrogens (tertiary/aromatic N) is 2. The summed E-state index contributed by atoms with van der Waals surface area (Å²) >= 11 is 2.93. The summed E-state index contributed by atoms with van der Waals surface area (Å²) in [6, 6.07) is 11.7. The van der Waals surface area contributed by atoms with Crippen molar-refractivity contribution in [2.24, 2.45) is 0 Å². The van der Waals surface area contributed by atoms with Gasteiger partial charge in [0.05, 0.1) is 17.0 Å². The van der Waals surface area contributed by atoms with E-state index in [-0.39, 0.29) is 29.0 Å². The average Bonchev–Trinajstić information content (AvgIpc) is 3.19. The Morgan fingerprint density at radius 3 is 2.71 bits per heavy atom. The summed E-state index contributed by atoms with van der Waals surface area (Å²) < 4.78 is 15.1. The summed E-state index contributed by atoms with van der Waals surface area (Å²) in [7, 11) is 0. The van der Waals surface area contributed by atoms with E-state index >= 15 is 0 Å². The zero-order valence-corrected chi connectivity index (χ0v) is 20.8. The number of benzene rings is 2. The van der Waals surface area contributed by atoms with Gasteiger partial charge in [0.25, 0.3) is 5.56 Å². The van der Waals surface area contributed by atoms with Crippen LogP contribution in [0.15, 0.2) is 57.4 Å². The van der Waals surface area contributed by atoms with Crippen LogP contribution in [0, 0.1) is 19.7 Å². The van der Waals surface area contributed by atoms with Crippen molar-refractivity contribution in [3.63, 3.8) is 0 Å². The van der Waals surface area contributed by atoms with Crippen LogP contribution in [0.4, 0.5) is 10.1 Å². The lowest BCUT2D eigenvalue weighted by atomic mass is 9.85. The van der Waals surface area contributed by atoms with Crippen LogP contribution in [0.2, 0.25) is 0 Å². The van der Waals surface area contributed by atoms with Crippen LogP contribution in [0.1, 0.15) is 48.3 Å². The number of rotatable bonds is 5. The maximum absolute atomic E-state index is 13.7. The van der Waals surface area contributed by atoms with Gasteiger partial charge in [0.15, 0.2) is 5.16 Å². The van der Waals surface area contributed by atoms with Gasteiger partial charge >= 0.3 is 0 Å². The minimum absolute atomic E-state index is 0.101. The molecule has 3 aromatic rings. The molecule has 5 nitrogen and oxygen atoms in total. The largest absolute Gasteiger partial charge is 0.325 e. The second kappa shape index (κ2) is 9.58. The Labute approximate surface area is 206 Å². The van der Waals surface area contributed by atoms with E-state index in [9.17, 15) is 14.0 Å². The molecule has 1 amide bonds. The molecule has 2 atom stereocenters. The molecule has 2 aromatic carbocycles. The molecular weight excluding hydrogens is 469 g/mol. The molecule has 1 aromatic heterocycles. The van der Waals surface area contributed by atoms with Gasteiger partial charge in [0, 0.05) is 16.9 Å². The Bertz CT molecular complexity index is 1310. The summed E-state index contributed by atoms with van der Waals surface area (Å²) in [6.07, 6.45) is 4.37. The highest BCUT2D eigenvalue weighted by Crippen LogP contribution is 2.50. The van der Waals surface area contributed by atoms with Gasteiger partial charge in [-0.2, -0.15) is 0 Å². The topological polar surface area (TPSA) is 64.0 Å². The fourth-order valence-electron chi connectivity index (χ4n) is 4.80. The first kappa shape index (κ1) is 23.2. The van der Waals surface area contributed by atoms with E-state index in [0.717, 1.165) is 46.7 Å². The van der Waals surface area contributed by atoms with Crippen molar-refractivity contribution in [3.8, 4) is 5.69 Å². The molecule has 0 unspecified atom stereocenters. The summed E-state index contributed by atoms with van der Waals surface area (Å²) in [5, 5.41) is 4.59. The van der Waals surface area contributed by atoms with Crippen LogP contribution < -0.4 is 10.9 Å². The van der Waals surface area contributed by atoms with Gasteiger partial charge in [-0.3, -0.25) is 14.2 Å². The SMILES string of the molecule is Cc1ccc(NC(=O)CSc2nc3c(c(=O)n2-c2ccc(F)cc2)[C@@H]2CCCC[C@@H]2S3)c(C)c1. The standard InChI is InChI=1S/C26H26FN3O2S2/c1-15-7-12-20(16(2)13-15)28-22(31)14-33-26-29-24-23(19-5-3-4-6-21(19)34-24)25(32)30(26)18-10-8-17(27)9-11-18/h7-13,19,21H,3-6,14H2,1-2H3,(H,28,31)/t19-,21+/m1/s1. The molecule has 5 rings (SSSR count). The molecule has 1 aliphatic carbocycles. The molecule has 34 heavy (non-hydrogen) atoms. The highest BCUT2D eigenvalue weighted by Gasteiger charge is 2.39. The van der Waals surface area contributed by atoms with Gasteiger partial charge in [0.1, 0.15) is 10.8 Å². The molecule has 1 fully saturated rings. The fraction of sp³-hybridized carbons (Fsp3) is 0.346. The molecule has 1 saturated carbocycles. The monoisotopic (exact) mass is 495 g/mol. The van der Waals surface area contributed by atoms with Gasteiger partial charge < -0.3 is 5.32 Å². The lowest BCUT2D eigenvalue weighted by molar-refractivity contribution is -0.113. The second-order valence-electron chi connectivity index (χ2n) is 8.93. The Morgan fingerprint density at radius 1 is 1.18 bits per heavy atom. The summed E-state index contributed by atoms with van der Waals surface area (Å²) in [4.78, 5) is 31.3. The highest BCUT2D eigenvalue weighted by molar-refractivity contribution is 8.00. The van der Waals surface area contributed by atoms with Gasteiger partial charge in [-0.15, -0.1) is 11.8 Å². The minimum atomic E-state index is -0.365. The number of thioether (sulfide) groups is 2. The van der Waals surface area contributed by atoms with Crippen molar-refractivity contribution in [2.45, 2.75) is 60.9 Å². The van der Waals surface area contributed by atoms with Crippen molar-refractivity contribution in [1.29, 1.82) is 0 Å². The van der Waals surface area contributed by atoms with Crippen molar-refractivity contribution >= 4 is 35.1 Å². The molecule has 8 heteroatoms. The lowest BCUT2D eigenvalue weighted by Gasteiger charge is -2.24. The molecular formula is C26H26FN3O2S2. The number of nitrogens with one attached hydrogen (secondary N) is 1. The van der Waals surface area contributed by atoms with E-state index in [1.807, 2.05) is 32.0 Å². The van der Waals surface area contributed by atoms with Crippen LogP contribution >= 0.6 is 23.5 Å². The number of aromatic nitrogens is 2. The van der Waals surface area contributed by atoms with Crippen LogP contribution in [0.25, 0.3) is 5.69 Å². The van der Waals surface area contributed by atoms with Gasteiger partial charge in [-0.05, 0) is 62.6 Å². The molecule has 1 N–H and O–H groups in total. The Morgan fingerprint density at radius 2 is 1.94 bits per heavy atom. The van der Waals surface area contributed by atoms with Crippen LogP contribution in [-0.2, 0) is 4.79 Å². The first-order valence-corrected chi connectivity index (χ1v) is 13.4.